The van der Waals surface area contributed by atoms with Gasteiger partial charge in [0.25, 0.3) is 0 Å². The number of carbonyl (C=O) groups excluding carboxylic acids is 1. The standard InChI is InChI=1S/C16H19N3O2/c1-12-6-7-14(21-12)11-19-15(8-9-17-19)18-16(20)10-13-4-2-3-5-13/h2,4,6-9,13H,3,5,10-11H2,1H3,(H,18,20)/t13-/m0/s1. The highest BCUT2D eigenvalue weighted by Gasteiger charge is 2.15. The van der Waals surface area contributed by atoms with Crippen LogP contribution in [0.5, 0.6) is 0 Å². The summed E-state index contributed by atoms with van der Waals surface area (Å²) in [6.45, 7) is 2.42. The lowest BCUT2D eigenvalue weighted by Crippen LogP contribution is -2.18. The topological polar surface area (TPSA) is 60.1 Å². The molecule has 1 atom stereocenters. The Labute approximate surface area is 123 Å². The van der Waals surface area contributed by atoms with Crippen LogP contribution in [-0.2, 0) is 11.3 Å². The highest BCUT2D eigenvalue weighted by molar-refractivity contribution is 5.90. The number of nitrogens with zero attached hydrogens (tertiary/aromatic N) is 2. The lowest BCUT2D eigenvalue weighted by atomic mass is 10.1. The van der Waals surface area contributed by atoms with E-state index in [0.29, 0.717) is 24.7 Å². The molecule has 1 aliphatic rings. The molecule has 2 heterocycles. The maximum absolute atomic E-state index is 12.1. The van der Waals surface area contributed by atoms with Crippen molar-refractivity contribution >= 4 is 11.7 Å². The summed E-state index contributed by atoms with van der Waals surface area (Å²) >= 11 is 0. The summed E-state index contributed by atoms with van der Waals surface area (Å²) in [6.07, 6.45) is 8.62. The number of hydrogen-bond donors (Lipinski definition) is 1. The predicted octanol–water partition coefficient (Wildman–Crippen LogP) is 3.13. The normalized spacial score (nSPS) is 17.3. The van der Waals surface area contributed by atoms with Crippen LogP contribution in [0.4, 0.5) is 5.82 Å². The van der Waals surface area contributed by atoms with Crippen LogP contribution in [0.15, 0.2) is 41.0 Å². The second-order valence-electron chi connectivity index (χ2n) is 5.40. The van der Waals surface area contributed by atoms with Crippen molar-refractivity contribution in [3.8, 4) is 0 Å². The van der Waals surface area contributed by atoms with Crippen molar-refractivity contribution in [2.45, 2.75) is 32.7 Å². The summed E-state index contributed by atoms with van der Waals surface area (Å²) in [5.74, 6) is 2.80. The molecule has 5 heteroatoms. The molecule has 1 N–H and O–H groups in total. The molecule has 1 amide bonds. The first-order valence-corrected chi connectivity index (χ1v) is 7.24. The number of aryl methyl sites for hydroxylation is 1. The van der Waals surface area contributed by atoms with E-state index in [9.17, 15) is 4.79 Å². The second kappa shape index (κ2) is 5.99. The van der Waals surface area contributed by atoms with Crippen molar-refractivity contribution in [3.63, 3.8) is 0 Å². The fourth-order valence-corrected chi connectivity index (χ4v) is 2.58. The summed E-state index contributed by atoms with van der Waals surface area (Å²) in [5.41, 5.74) is 0. The number of carbonyl (C=O) groups is 1. The van der Waals surface area contributed by atoms with E-state index >= 15 is 0 Å². The van der Waals surface area contributed by atoms with Crippen LogP contribution in [0.3, 0.4) is 0 Å². The maximum atomic E-state index is 12.1. The summed E-state index contributed by atoms with van der Waals surface area (Å²) in [4.78, 5) is 12.1. The van der Waals surface area contributed by atoms with E-state index in [-0.39, 0.29) is 5.91 Å². The van der Waals surface area contributed by atoms with Gasteiger partial charge in [0, 0.05) is 12.5 Å². The van der Waals surface area contributed by atoms with Crippen molar-refractivity contribution in [1.82, 2.24) is 9.78 Å². The van der Waals surface area contributed by atoms with Crippen molar-refractivity contribution in [2.24, 2.45) is 5.92 Å². The number of amides is 1. The lowest BCUT2D eigenvalue weighted by Gasteiger charge is -2.10. The molecule has 0 aromatic carbocycles. The second-order valence-corrected chi connectivity index (χ2v) is 5.40. The Balaban J connectivity index is 1.62. The Bertz CT molecular complexity index is 654. The Hall–Kier alpha value is -2.30. The van der Waals surface area contributed by atoms with E-state index in [4.69, 9.17) is 4.42 Å². The monoisotopic (exact) mass is 285 g/mol. The van der Waals surface area contributed by atoms with Crippen LogP contribution in [-0.4, -0.2) is 15.7 Å². The average Bonchev–Trinajstić information content (AvgIpc) is 3.15. The molecule has 0 saturated heterocycles. The van der Waals surface area contributed by atoms with Gasteiger partial charge in [0.1, 0.15) is 23.9 Å². The third kappa shape index (κ3) is 3.42. The van der Waals surface area contributed by atoms with Crippen LogP contribution >= 0.6 is 0 Å². The van der Waals surface area contributed by atoms with Gasteiger partial charge in [0.2, 0.25) is 5.91 Å². The molecule has 5 nitrogen and oxygen atoms in total. The smallest absolute Gasteiger partial charge is 0.226 e. The van der Waals surface area contributed by atoms with E-state index in [1.54, 1.807) is 16.9 Å². The highest BCUT2D eigenvalue weighted by atomic mass is 16.3. The van der Waals surface area contributed by atoms with Gasteiger partial charge >= 0.3 is 0 Å². The van der Waals surface area contributed by atoms with E-state index in [1.165, 1.54) is 0 Å². The Kier molecular flexibility index (Phi) is 3.90. The van der Waals surface area contributed by atoms with E-state index in [1.807, 2.05) is 19.1 Å². The number of allylic oxidation sites excluding steroid dienone is 2. The van der Waals surface area contributed by atoms with Crippen LogP contribution < -0.4 is 5.32 Å². The Morgan fingerprint density at radius 1 is 1.48 bits per heavy atom. The SMILES string of the molecule is Cc1ccc(Cn2nccc2NC(=O)C[C@H]2C=CCC2)o1. The first kappa shape index (κ1) is 13.7. The molecule has 0 saturated carbocycles. The summed E-state index contributed by atoms with van der Waals surface area (Å²) in [7, 11) is 0. The molecule has 2 aromatic rings. The van der Waals surface area contributed by atoms with Gasteiger partial charge in [-0.3, -0.25) is 4.79 Å². The molecule has 1 aliphatic carbocycles. The molecule has 2 aromatic heterocycles. The number of nitrogens with one attached hydrogen (secondary N) is 1. The van der Waals surface area contributed by atoms with Gasteiger partial charge in [-0.05, 0) is 37.8 Å². The number of rotatable bonds is 5. The molecule has 0 spiro atoms. The maximum Gasteiger partial charge on any atom is 0.226 e. The summed E-state index contributed by atoms with van der Waals surface area (Å²) in [6, 6.07) is 5.65. The molecule has 0 bridgehead atoms. The van der Waals surface area contributed by atoms with Crippen molar-refractivity contribution in [3.05, 3.63) is 48.1 Å². The average molecular weight is 285 g/mol. The fourth-order valence-electron chi connectivity index (χ4n) is 2.58. The van der Waals surface area contributed by atoms with Gasteiger partial charge in [0.15, 0.2) is 0 Å². The van der Waals surface area contributed by atoms with Crippen molar-refractivity contribution < 1.29 is 9.21 Å². The molecule has 0 fully saturated rings. The van der Waals surface area contributed by atoms with Crippen LogP contribution in [0.1, 0.15) is 30.8 Å². The zero-order valence-electron chi connectivity index (χ0n) is 12.1. The predicted molar refractivity (Wildman–Crippen MR) is 79.9 cm³/mol. The molecule has 3 rings (SSSR count). The van der Waals surface area contributed by atoms with Crippen LogP contribution in [0, 0.1) is 12.8 Å². The lowest BCUT2D eigenvalue weighted by molar-refractivity contribution is -0.116. The van der Waals surface area contributed by atoms with Crippen molar-refractivity contribution in [1.29, 1.82) is 0 Å². The van der Waals surface area contributed by atoms with Crippen LogP contribution in [0.2, 0.25) is 0 Å². The Morgan fingerprint density at radius 3 is 3.10 bits per heavy atom. The van der Waals surface area contributed by atoms with Gasteiger partial charge in [-0.1, -0.05) is 12.2 Å². The minimum Gasteiger partial charge on any atom is -0.464 e. The third-order valence-corrected chi connectivity index (χ3v) is 3.65. The van der Waals surface area contributed by atoms with E-state index in [2.05, 4.69) is 22.6 Å². The zero-order valence-corrected chi connectivity index (χ0v) is 12.1. The van der Waals surface area contributed by atoms with Gasteiger partial charge in [-0.25, -0.2) is 4.68 Å². The molecular weight excluding hydrogens is 266 g/mol. The highest BCUT2D eigenvalue weighted by Crippen LogP contribution is 2.21. The number of aromatic nitrogens is 2. The number of furan rings is 1. The third-order valence-electron chi connectivity index (χ3n) is 3.65. The molecule has 110 valence electrons. The molecule has 21 heavy (non-hydrogen) atoms. The summed E-state index contributed by atoms with van der Waals surface area (Å²) in [5, 5.41) is 7.16. The zero-order chi connectivity index (χ0) is 14.7. The molecule has 0 aliphatic heterocycles. The first-order chi connectivity index (χ1) is 10.2. The van der Waals surface area contributed by atoms with Gasteiger partial charge in [0.05, 0.1) is 6.20 Å². The van der Waals surface area contributed by atoms with E-state index in [0.717, 1.165) is 24.4 Å². The van der Waals surface area contributed by atoms with Crippen molar-refractivity contribution in [2.75, 3.05) is 5.32 Å². The molecule has 0 radical (unpaired) electrons. The fraction of sp³-hybridized carbons (Fsp3) is 0.375. The Morgan fingerprint density at radius 2 is 2.38 bits per heavy atom. The minimum atomic E-state index is 0.0314. The summed E-state index contributed by atoms with van der Waals surface area (Å²) < 4.78 is 7.28. The van der Waals surface area contributed by atoms with Crippen LogP contribution in [0.25, 0.3) is 0 Å². The largest absolute Gasteiger partial charge is 0.464 e. The number of anilines is 1. The molecular formula is C16H19N3O2. The van der Waals surface area contributed by atoms with E-state index < -0.39 is 0 Å². The van der Waals surface area contributed by atoms with Gasteiger partial charge in [-0.2, -0.15) is 5.10 Å². The minimum absolute atomic E-state index is 0.0314. The van der Waals surface area contributed by atoms with Gasteiger partial charge in [-0.15, -0.1) is 0 Å². The quantitative estimate of drug-likeness (QED) is 0.859. The first-order valence-electron chi connectivity index (χ1n) is 7.24. The van der Waals surface area contributed by atoms with Gasteiger partial charge < -0.3 is 9.73 Å². The number of hydrogen-bond acceptors (Lipinski definition) is 3. The molecule has 0 unspecified atom stereocenters.